The molecule has 0 saturated carbocycles. The third-order valence-electron chi connectivity index (χ3n) is 8.81. The molecule has 0 radical (unpaired) electrons. The Bertz CT molecular complexity index is 1920. The van der Waals surface area contributed by atoms with Gasteiger partial charge in [-0.1, -0.05) is 103 Å². The number of rotatable bonds is 3. The van der Waals surface area contributed by atoms with Crippen LogP contribution in [-0.4, -0.2) is 6.71 Å². The summed E-state index contributed by atoms with van der Waals surface area (Å²) in [6.07, 6.45) is 6.72. The van der Waals surface area contributed by atoms with Crippen molar-refractivity contribution in [3.05, 3.63) is 132 Å². The van der Waals surface area contributed by atoms with Crippen molar-refractivity contribution in [2.75, 3.05) is 0 Å². The van der Waals surface area contributed by atoms with Crippen LogP contribution in [0, 0.1) is 6.92 Å². The molecule has 0 fully saturated rings. The van der Waals surface area contributed by atoms with E-state index in [-0.39, 0.29) is 6.71 Å². The van der Waals surface area contributed by atoms with Crippen LogP contribution in [0.1, 0.15) is 30.9 Å². The molecule has 0 N–H and O–H groups in total. The fourth-order valence-corrected chi connectivity index (χ4v) is 6.72. The molecule has 0 saturated heterocycles. The molecule has 8 rings (SSSR count). The molecule has 0 atom stereocenters. The van der Waals surface area contributed by atoms with Crippen LogP contribution >= 0.6 is 0 Å². The van der Waals surface area contributed by atoms with E-state index in [1.165, 1.54) is 49.9 Å². The first kappa shape index (κ1) is 24.1. The van der Waals surface area contributed by atoms with E-state index in [0.29, 0.717) is 0 Å². The maximum Gasteiger partial charge on any atom is 0.260 e. The predicted octanol–water partition coefficient (Wildman–Crippen LogP) is 8.18. The molecule has 196 valence electrons. The lowest BCUT2D eigenvalue weighted by atomic mass is 9.34. The molecule has 5 aromatic carbocycles. The summed E-state index contributed by atoms with van der Waals surface area (Å²) in [7, 11) is 0. The maximum atomic E-state index is 6.86. The van der Waals surface area contributed by atoms with Crippen LogP contribution in [0.15, 0.2) is 121 Å². The van der Waals surface area contributed by atoms with E-state index >= 15 is 0 Å². The van der Waals surface area contributed by atoms with Gasteiger partial charge in [0.25, 0.3) is 6.71 Å². The summed E-state index contributed by atoms with van der Waals surface area (Å²) in [6.45, 7) is 4.40. The maximum absolute atomic E-state index is 6.86. The van der Waals surface area contributed by atoms with Crippen molar-refractivity contribution in [3.63, 3.8) is 0 Å². The summed E-state index contributed by atoms with van der Waals surface area (Å²) >= 11 is 0. The highest BCUT2D eigenvalue weighted by Crippen LogP contribution is 2.44. The summed E-state index contributed by atoms with van der Waals surface area (Å²) in [6, 6.07) is 36.7. The molecule has 0 spiro atoms. The number of hydrogen-bond donors (Lipinski definition) is 0. The number of hydrogen-bond acceptors (Lipinski definition) is 2. The van der Waals surface area contributed by atoms with E-state index in [1.54, 1.807) is 0 Å². The highest BCUT2D eigenvalue weighted by Gasteiger charge is 2.42. The van der Waals surface area contributed by atoms with Crippen molar-refractivity contribution in [3.8, 4) is 45.3 Å². The first-order valence-corrected chi connectivity index (χ1v) is 14.4. The lowest BCUT2D eigenvalue weighted by molar-refractivity contribution is 0.465. The third kappa shape index (κ3) is 3.80. The summed E-state index contributed by atoms with van der Waals surface area (Å²) < 4.78 is 13.7. The first-order chi connectivity index (χ1) is 20.2. The monoisotopic (exact) mass is 528 g/mol. The van der Waals surface area contributed by atoms with Gasteiger partial charge in [-0.15, -0.1) is 0 Å². The van der Waals surface area contributed by atoms with Crippen molar-refractivity contribution >= 4 is 28.7 Å². The van der Waals surface area contributed by atoms with Gasteiger partial charge in [-0.2, -0.15) is 0 Å². The average Bonchev–Trinajstić information content (AvgIpc) is 3.02. The van der Waals surface area contributed by atoms with E-state index < -0.39 is 0 Å². The van der Waals surface area contributed by atoms with E-state index in [1.807, 2.05) is 0 Å². The van der Waals surface area contributed by atoms with Gasteiger partial charge >= 0.3 is 0 Å². The second kappa shape index (κ2) is 9.42. The zero-order valence-electron chi connectivity index (χ0n) is 23.3. The molecular formula is C38H29BO2. The van der Waals surface area contributed by atoms with Gasteiger partial charge in [-0.05, 0) is 83.6 Å². The third-order valence-corrected chi connectivity index (χ3v) is 8.81. The normalized spacial score (nSPS) is 14.5. The van der Waals surface area contributed by atoms with Gasteiger partial charge in [-0.3, -0.25) is 0 Å². The Hall–Kier alpha value is -4.76. The molecule has 2 aliphatic heterocycles. The lowest BCUT2D eigenvalue weighted by Gasteiger charge is -2.35. The molecule has 3 aliphatic rings. The van der Waals surface area contributed by atoms with Crippen molar-refractivity contribution in [2.45, 2.75) is 26.7 Å². The molecule has 2 heterocycles. The summed E-state index contributed by atoms with van der Waals surface area (Å²) in [4.78, 5) is 0. The van der Waals surface area contributed by atoms with Crippen LogP contribution in [0.3, 0.4) is 0 Å². The molecule has 0 amide bonds. The quantitative estimate of drug-likeness (QED) is 0.215. The van der Waals surface area contributed by atoms with Crippen molar-refractivity contribution in [2.24, 2.45) is 0 Å². The van der Waals surface area contributed by atoms with E-state index in [0.717, 1.165) is 46.9 Å². The van der Waals surface area contributed by atoms with Crippen LogP contribution in [0.4, 0.5) is 0 Å². The minimum absolute atomic E-state index is 0.00597. The molecule has 3 heteroatoms. The molecule has 0 aromatic heterocycles. The zero-order valence-corrected chi connectivity index (χ0v) is 23.3. The zero-order chi connectivity index (χ0) is 27.5. The second-order valence-corrected chi connectivity index (χ2v) is 11.3. The van der Waals surface area contributed by atoms with Gasteiger partial charge in [0.1, 0.15) is 23.0 Å². The molecule has 2 nitrogen and oxygen atoms in total. The Kier molecular flexibility index (Phi) is 5.53. The van der Waals surface area contributed by atoms with E-state index in [2.05, 4.69) is 129 Å². The Balaban J connectivity index is 1.40. The molecule has 0 bridgehead atoms. The van der Waals surface area contributed by atoms with Gasteiger partial charge in [0.2, 0.25) is 0 Å². The van der Waals surface area contributed by atoms with Gasteiger partial charge in [0.05, 0.1) is 0 Å². The molecule has 5 aromatic rings. The number of benzene rings is 5. The minimum Gasteiger partial charge on any atom is -0.458 e. The largest absolute Gasteiger partial charge is 0.458 e. The average molecular weight is 528 g/mol. The Morgan fingerprint density at radius 2 is 1.39 bits per heavy atom. The topological polar surface area (TPSA) is 18.5 Å². The minimum atomic E-state index is -0.00597. The van der Waals surface area contributed by atoms with Crippen LogP contribution in [0.25, 0.3) is 27.8 Å². The van der Waals surface area contributed by atoms with E-state index in [4.69, 9.17) is 9.47 Å². The Morgan fingerprint density at radius 3 is 2.24 bits per heavy atom. The fraction of sp³-hybridized carbons (Fsp3) is 0.105. The number of allylic oxidation sites excluding steroid dienone is 4. The Morgan fingerprint density at radius 1 is 0.610 bits per heavy atom. The lowest BCUT2D eigenvalue weighted by Crippen LogP contribution is -2.57. The highest BCUT2D eigenvalue weighted by molar-refractivity contribution is 6.98. The second-order valence-electron chi connectivity index (χ2n) is 11.3. The first-order valence-electron chi connectivity index (χ1n) is 14.4. The van der Waals surface area contributed by atoms with Crippen LogP contribution in [-0.2, 0) is 0 Å². The Labute approximate surface area is 241 Å². The van der Waals surface area contributed by atoms with E-state index in [9.17, 15) is 0 Å². The summed E-state index contributed by atoms with van der Waals surface area (Å²) in [5.74, 6) is 3.63. The van der Waals surface area contributed by atoms with Gasteiger partial charge in [-0.25, -0.2) is 0 Å². The van der Waals surface area contributed by atoms with Gasteiger partial charge in [0.15, 0.2) is 0 Å². The van der Waals surface area contributed by atoms with Crippen LogP contribution < -0.4 is 25.9 Å². The number of aryl methyl sites for hydroxylation is 1. The van der Waals surface area contributed by atoms with Crippen molar-refractivity contribution < 1.29 is 9.47 Å². The van der Waals surface area contributed by atoms with Gasteiger partial charge in [0, 0.05) is 16.6 Å². The predicted molar refractivity (Wildman–Crippen MR) is 171 cm³/mol. The molecule has 0 unspecified atom stereocenters. The van der Waals surface area contributed by atoms with Crippen LogP contribution in [0.5, 0.6) is 23.0 Å². The van der Waals surface area contributed by atoms with Crippen LogP contribution in [0.2, 0.25) is 0 Å². The highest BCUT2D eigenvalue weighted by atomic mass is 16.5. The molecular weight excluding hydrogens is 499 g/mol. The number of fused-ring (bicyclic) bond motifs is 4. The smallest absolute Gasteiger partial charge is 0.260 e. The summed E-state index contributed by atoms with van der Waals surface area (Å²) in [5.41, 5.74) is 13.2. The molecule has 41 heavy (non-hydrogen) atoms. The SMILES string of the molecule is CC1=C(c2cccc3c2Oc2ccc(-c4ccccc4C)c4c2B3c2cc(-c3ccccc3)ccc2O4)C=CCC1. The van der Waals surface area contributed by atoms with Crippen molar-refractivity contribution in [1.82, 2.24) is 0 Å². The fourth-order valence-electron chi connectivity index (χ4n) is 6.72. The number of para-hydroxylation sites is 1. The summed E-state index contributed by atoms with van der Waals surface area (Å²) in [5, 5.41) is 0. The van der Waals surface area contributed by atoms with Gasteiger partial charge < -0.3 is 9.47 Å². The van der Waals surface area contributed by atoms with Crippen molar-refractivity contribution in [1.29, 1.82) is 0 Å². The standard InChI is InChI=1S/C38H29BO2/c1-24-11-6-8-15-28(24)30-17-10-18-32-37(30)41-35-22-20-31(29-16-9-7-12-25(29)2)38-36(35)39(32)33-23-27(19-21-34(33)40-38)26-13-4-3-5-14-26/h3-5,7-10,12-23H,6,11H2,1-2H3. The molecule has 1 aliphatic carbocycles. The number of ether oxygens (including phenoxy) is 2.